The van der Waals surface area contributed by atoms with Crippen LogP contribution in [0.3, 0.4) is 0 Å². The van der Waals surface area contributed by atoms with Crippen molar-refractivity contribution in [2.75, 3.05) is 13.7 Å². The molecule has 6 heteroatoms. The summed E-state index contributed by atoms with van der Waals surface area (Å²) in [7, 11) is 1.47. The predicted octanol–water partition coefficient (Wildman–Crippen LogP) is 3.81. The summed E-state index contributed by atoms with van der Waals surface area (Å²) < 4.78 is 16.9. The Kier molecular flexibility index (Phi) is 6.42. The van der Waals surface area contributed by atoms with Crippen molar-refractivity contribution in [2.45, 2.75) is 27.4 Å². The van der Waals surface area contributed by atoms with Crippen LogP contribution in [0.25, 0.3) is 0 Å². The molecule has 128 valence electrons. The molecular formula is C18H22N2O4. The molecule has 2 aromatic rings. The highest BCUT2D eigenvalue weighted by atomic mass is 16.6. The maximum Gasteiger partial charge on any atom is 0.232 e. The standard InChI is InChI=1S/C18H22N2O4/c1-5-6-7-22-16-8-13(2)18(14(3)9-16)24-12-17-20-15(11-23-17)10-19-21-4/h5-6,8-11H,7,12H2,1-4H3/b6-5+,19-10-. The molecule has 0 fully saturated rings. The van der Waals surface area contributed by atoms with E-state index in [0.717, 1.165) is 22.6 Å². The lowest BCUT2D eigenvalue weighted by molar-refractivity contribution is 0.215. The lowest BCUT2D eigenvalue weighted by Crippen LogP contribution is -2.01. The molecule has 0 radical (unpaired) electrons. The van der Waals surface area contributed by atoms with E-state index >= 15 is 0 Å². The molecule has 0 amide bonds. The van der Waals surface area contributed by atoms with Gasteiger partial charge in [-0.25, -0.2) is 4.98 Å². The molecule has 0 atom stereocenters. The van der Waals surface area contributed by atoms with E-state index in [1.165, 1.54) is 19.6 Å². The van der Waals surface area contributed by atoms with Gasteiger partial charge in [0.05, 0.1) is 6.21 Å². The lowest BCUT2D eigenvalue weighted by atomic mass is 10.1. The molecule has 0 bridgehead atoms. The van der Waals surface area contributed by atoms with Gasteiger partial charge in [-0.3, -0.25) is 0 Å². The summed E-state index contributed by atoms with van der Waals surface area (Å²) in [6, 6.07) is 3.91. The zero-order chi connectivity index (χ0) is 17.4. The van der Waals surface area contributed by atoms with Crippen molar-refractivity contribution in [3.05, 3.63) is 53.3 Å². The first-order valence-electron chi connectivity index (χ1n) is 7.63. The predicted molar refractivity (Wildman–Crippen MR) is 91.7 cm³/mol. The maximum atomic E-state index is 5.85. The largest absolute Gasteiger partial charge is 0.490 e. The fraction of sp³-hybridized carbons (Fsp3) is 0.333. The lowest BCUT2D eigenvalue weighted by Gasteiger charge is -2.13. The fourth-order valence-corrected chi connectivity index (χ4v) is 2.15. The average molecular weight is 330 g/mol. The Morgan fingerprint density at radius 1 is 1.21 bits per heavy atom. The molecule has 0 aliphatic heterocycles. The van der Waals surface area contributed by atoms with E-state index in [1.807, 2.05) is 45.1 Å². The van der Waals surface area contributed by atoms with Crippen LogP contribution in [-0.4, -0.2) is 24.9 Å². The number of oxime groups is 1. The maximum absolute atomic E-state index is 5.85. The molecule has 0 unspecified atom stereocenters. The van der Waals surface area contributed by atoms with Gasteiger partial charge in [0, 0.05) is 0 Å². The number of aryl methyl sites for hydroxylation is 2. The Morgan fingerprint density at radius 2 is 1.96 bits per heavy atom. The molecule has 0 saturated heterocycles. The van der Waals surface area contributed by atoms with E-state index in [9.17, 15) is 0 Å². The highest BCUT2D eigenvalue weighted by Crippen LogP contribution is 2.29. The first kappa shape index (κ1) is 17.6. The Labute approximate surface area is 141 Å². The number of ether oxygens (including phenoxy) is 2. The minimum atomic E-state index is 0.237. The van der Waals surface area contributed by atoms with E-state index in [-0.39, 0.29) is 6.61 Å². The third-order valence-corrected chi connectivity index (χ3v) is 3.22. The summed E-state index contributed by atoms with van der Waals surface area (Å²) in [6.07, 6.45) is 6.89. The van der Waals surface area contributed by atoms with Crippen LogP contribution in [0.4, 0.5) is 0 Å². The van der Waals surface area contributed by atoms with Gasteiger partial charge in [-0.2, -0.15) is 0 Å². The molecule has 0 spiro atoms. The minimum absolute atomic E-state index is 0.237. The number of benzene rings is 1. The molecule has 0 aliphatic carbocycles. The van der Waals surface area contributed by atoms with Gasteiger partial charge in [-0.15, -0.1) is 0 Å². The Bertz CT molecular complexity index is 697. The first-order valence-corrected chi connectivity index (χ1v) is 7.63. The van der Waals surface area contributed by atoms with Crippen molar-refractivity contribution in [1.82, 2.24) is 4.98 Å². The van der Waals surface area contributed by atoms with Gasteiger partial charge in [-0.1, -0.05) is 17.3 Å². The van der Waals surface area contributed by atoms with Crippen molar-refractivity contribution in [3.8, 4) is 11.5 Å². The number of nitrogens with zero attached hydrogens (tertiary/aromatic N) is 2. The molecule has 1 aromatic heterocycles. The Balaban J connectivity index is 2.01. The van der Waals surface area contributed by atoms with E-state index in [4.69, 9.17) is 13.9 Å². The van der Waals surface area contributed by atoms with E-state index < -0.39 is 0 Å². The van der Waals surface area contributed by atoms with Gasteiger partial charge in [-0.05, 0) is 44.0 Å². The second-order valence-corrected chi connectivity index (χ2v) is 5.14. The van der Waals surface area contributed by atoms with Crippen molar-refractivity contribution >= 4 is 6.21 Å². The van der Waals surface area contributed by atoms with Gasteiger partial charge in [0.1, 0.15) is 37.2 Å². The number of oxazole rings is 1. The second-order valence-electron chi connectivity index (χ2n) is 5.14. The SMILES string of the molecule is C/C=C/COc1cc(C)c(OCc2nc(/C=N\OC)co2)c(C)c1. The van der Waals surface area contributed by atoms with E-state index in [2.05, 4.69) is 15.0 Å². The van der Waals surface area contributed by atoms with E-state index in [1.54, 1.807) is 0 Å². The van der Waals surface area contributed by atoms with Gasteiger partial charge < -0.3 is 18.7 Å². The first-order chi connectivity index (χ1) is 11.6. The van der Waals surface area contributed by atoms with Crippen LogP contribution in [0, 0.1) is 13.8 Å². The molecular weight excluding hydrogens is 308 g/mol. The van der Waals surface area contributed by atoms with Crippen molar-refractivity contribution < 1.29 is 18.7 Å². The molecule has 24 heavy (non-hydrogen) atoms. The molecule has 2 rings (SSSR count). The van der Waals surface area contributed by atoms with Gasteiger partial charge in [0.25, 0.3) is 0 Å². The fourth-order valence-electron chi connectivity index (χ4n) is 2.15. The number of rotatable bonds is 8. The normalized spacial score (nSPS) is 11.3. The molecule has 6 nitrogen and oxygen atoms in total. The smallest absolute Gasteiger partial charge is 0.232 e. The summed E-state index contributed by atoms with van der Waals surface area (Å²) in [6.45, 7) is 6.72. The van der Waals surface area contributed by atoms with Crippen LogP contribution in [0.2, 0.25) is 0 Å². The number of allylic oxidation sites excluding steroid dienone is 1. The zero-order valence-corrected chi connectivity index (χ0v) is 14.4. The van der Waals surface area contributed by atoms with Crippen LogP contribution < -0.4 is 9.47 Å². The molecule has 0 N–H and O–H groups in total. The summed E-state index contributed by atoms with van der Waals surface area (Å²) in [5, 5.41) is 3.64. The third kappa shape index (κ3) is 4.87. The minimum Gasteiger partial charge on any atom is -0.490 e. The highest BCUT2D eigenvalue weighted by molar-refractivity contribution is 5.75. The quantitative estimate of drug-likeness (QED) is 0.418. The summed E-state index contributed by atoms with van der Waals surface area (Å²) in [4.78, 5) is 8.84. The Morgan fingerprint density at radius 3 is 2.62 bits per heavy atom. The molecule has 1 heterocycles. The summed E-state index contributed by atoms with van der Waals surface area (Å²) in [5.74, 6) is 2.10. The average Bonchev–Trinajstić information content (AvgIpc) is 3.00. The number of hydrogen-bond acceptors (Lipinski definition) is 6. The zero-order valence-electron chi connectivity index (χ0n) is 14.4. The molecule has 1 aromatic carbocycles. The topological polar surface area (TPSA) is 66.1 Å². The van der Waals surface area contributed by atoms with E-state index in [0.29, 0.717) is 18.2 Å². The summed E-state index contributed by atoms with van der Waals surface area (Å²) >= 11 is 0. The van der Waals surface area contributed by atoms with Crippen LogP contribution in [0.15, 0.2) is 40.1 Å². The molecule has 0 saturated carbocycles. The molecule has 0 aliphatic rings. The second kappa shape index (κ2) is 8.76. The van der Waals surface area contributed by atoms with Crippen LogP contribution >= 0.6 is 0 Å². The summed E-state index contributed by atoms with van der Waals surface area (Å²) in [5.41, 5.74) is 2.58. The van der Waals surface area contributed by atoms with Gasteiger partial charge in [0.15, 0.2) is 6.61 Å². The monoisotopic (exact) mass is 330 g/mol. The van der Waals surface area contributed by atoms with Crippen LogP contribution in [0.5, 0.6) is 11.5 Å². The van der Waals surface area contributed by atoms with Crippen molar-refractivity contribution in [2.24, 2.45) is 5.16 Å². The van der Waals surface area contributed by atoms with Crippen LogP contribution in [-0.2, 0) is 11.4 Å². The highest BCUT2D eigenvalue weighted by Gasteiger charge is 2.10. The van der Waals surface area contributed by atoms with Crippen molar-refractivity contribution in [3.63, 3.8) is 0 Å². The van der Waals surface area contributed by atoms with Crippen LogP contribution in [0.1, 0.15) is 29.6 Å². The Hall–Kier alpha value is -2.76. The van der Waals surface area contributed by atoms with Crippen molar-refractivity contribution in [1.29, 1.82) is 0 Å². The van der Waals surface area contributed by atoms with Gasteiger partial charge in [0.2, 0.25) is 5.89 Å². The number of hydrogen-bond donors (Lipinski definition) is 0. The number of aromatic nitrogens is 1. The third-order valence-electron chi connectivity index (χ3n) is 3.22. The van der Waals surface area contributed by atoms with Gasteiger partial charge >= 0.3 is 0 Å².